The lowest BCUT2D eigenvalue weighted by Crippen LogP contribution is -2.49. The van der Waals surface area contributed by atoms with Crippen LogP contribution in [0.15, 0.2) is 71.7 Å². The highest BCUT2D eigenvalue weighted by Crippen LogP contribution is 2.45. The molecule has 2 aromatic heterocycles. The molecular weight excluding hydrogens is 522 g/mol. The molecule has 3 aliphatic heterocycles. The van der Waals surface area contributed by atoms with E-state index in [1.165, 1.54) is 42.8 Å². The van der Waals surface area contributed by atoms with Crippen LogP contribution in [0, 0.1) is 13.8 Å². The number of imidazole rings is 1. The number of fused-ring (bicyclic) bond motifs is 3. The van der Waals surface area contributed by atoms with Gasteiger partial charge >= 0.3 is 0 Å². The average Bonchev–Trinajstić information content (AvgIpc) is 3.46. The van der Waals surface area contributed by atoms with Crippen molar-refractivity contribution in [2.45, 2.75) is 82.3 Å². The van der Waals surface area contributed by atoms with Crippen molar-refractivity contribution in [2.75, 3.05) is 19.6 Å². The minimum Gasteiger partial charge on any atom is -0.364 e. The quantitative estimate of drug-likeness (QED) is 0.323. The van der Waals surface area contributed by atoms with Crippen LogP contribution >= 0.6 is 0 Å². The van der Waals surface area contributed by atoms with Crippen molar-refractivity contribution in [3.63, 3.8) is 0 Å². The largest absolute Gasteiger partial charge is 0.364 e. The number of carbonyl (C=O) groups excluding carboxylic acids is 1. The molecular formula is C35H41N5O2. The predicted octanol–water partition coefficient (Wildman–Crippen LogP) is 5.77. The molecule has 2 aromatic carbocycles. The molecule has 3 saturated heterocycles. The smallest absolute Gasteiger partial charge is 0.259 e. The lowest BCUT2D eigenvalue weighted by atomic mass is 9.70. The van der Waals surface area contributed by atoms with Gasteiger partial charge in [-0.15, -0.1) is 0 Å². The normalized spacial score (nSPS) is 23.9. The Morgan fingerprint density at radius 3 is 2.36 bits per heavy atom. The Bertz CT molecular complexity index is 1630. The maximum absolute atomic E-state index is 13.3. The van der Waals surface area contributed by atoms with Crippen molar-refractivity contribution in [3.8, 4) is 0 Å². The highest BCUT2D eigenvalue weighted by atomic mass is 16.2. The fourth-order valence-electron chi connectivity index (χ4n) is 8.31. The zero-order valence-electron chi connectivity index (χ0n) is 24.8. The SMILES string of the molecule is Cc1cc(=O)c(C(=O)N2CCC(CCN3[C@@H]4CC[C@H]3CC(n3c(C)nc5ccccc53)C4)(c3ccccc3)CC2)c[nH]1. The number of para-hydroxylation sites is 2. The molecule has 7 heteroatoms. The standard InChI is InChI=1S/C35H41N5O2/c1-24-20-33(41)30(23-36-24)34(42)38-17-14-35(15-18-38,26-8-4-3-5-9-26)16-19-39-27-12-13-28(39)22-29(21-27)40-25(2)37-31-10-6-7-11-32(31)40/h3-11,20,23,27-29H,12-19,21-22H2,1-2H3,(H,36,41)/t27-,28+,29?. The number of nitrogens with zero attached hydrogens (tertiary/aromatic N) is 4. The fourth-order valence-corrected chi connectivity index (χ4v) is 8.31. The van der Waals surface area contributed by atoms with Crippen LogP contribution in [-0.2, 0) is 5.41 Å². The Hall–Kier alpha value is -3.71. The van der Waals surface area contributed by atoms with E-state index in [1.54, 1.807) is 6.20 Å². The number of piperidine rings is 2. The highest BCUT2D eigenvalue weighted by molar-refractivity contribution is 5.94. The average molecular weight is 564 g/mol. The van der Waals surface area contributed by atoms with Gasteiger partial charge in [0, 0.05) is 49.2 Å². The molecule has 0 saturated carbocycles. The zero-order chi connectivity index (χ0) is 28.8. The molecule has 5 heterocycles. The van der Waals surface area contributed by atoms with E-state index in [-0.39, 0.29) is 22.3 Å². The fraction of sp³-hybridized carbons (Fsp3) is 0.457. The molecule has 3 fully saturated rings. The first-order valence-corrected chi connectivity index (χ1v) is 15.7. The van der Waals surface area contributed by atoms with Gasteiger partial charge in [0.2, 0.25) is 0 Å². The number of aryl methyl sites for hydroxylation is 2. The third kappa shape index (κ3) is 4.77. The monoisotopic (exact) mass is 563 g/mol. The van der Waals surface area contributed by atoms with Crippen molar-refractivity contribution >= 4 is 16.9 Å². The number of likely N-dealkylation sites (tertiary alicyclic amines) is 1. The summed E-state index contributed by atoms with van der Waals surface area (Å²) < 4.78 is 2.51. The summed E-state index contributed by atoms with van der Waals surface area (Å²) in [6.45, 7) is 6.42. The van der Waals surface area contributed by atoms with Gasteiger partial charge in [0.05, 0.1) is 11.0 Å². The molecule has 218 valence electrons. The third-order valence-corrected chi connectivity index (χ3v) is 10.5. The molecule has 7 nitrogen and oxygen atoms in total. The van der Waals surface area contributed by atoms with Gasteiger partial charge < -0.3 is 14.5 Å². The number of hydrogen-bond donors (Lipinski definition) is 1. The number of benzene rings is 2. The molecule has 0 radical (unpaired) electrons. The number of aromatic amines is 1. The number of nitrogens with one attached hydrogen (secondary N) is 1. The van der Waals surface area contributed by atoms with Crippen LogP contribution in [0.2, 0.25) is 0 Å². The van der Waals surface area contributed by atoms with E-state index >= 15 is 0 Å². The Kier molecular flexibility index (Phi) is 7.01. The van der Waals surface area contributed by atoms with Gasteiger partial charge in [-0.05, 0) is 88.4 Å². The van der Waals surface area contributed by atoms with Crippen LogP contribution in [0.1, 0.15) is 78.4 Å². The maximum atomic E-state index is 13.3. The molecule has 1 amide bonds. The number of rotatable bonds is 6. The van der Waals surface area contributed by atoms with Gasteiger partial charge in [0.15, 0.2) is 5.43 Å². The summed E-state index contributed by atoms with van der Waals surface area (Å²) in [7, 11) is 0. The van der Waals surface area contributed by atoms with Gasteiger partial charge in [-0.1, -0.05) is 42.5 Å². The van der Waals surface area contributed by atoms with Crippen molar-refractivity contribution in [1.82, 2.24) is 24.3 Å². The number of H-pyrrole nitrogens is 1. The summed E-state index contributed by atoms with van der Waals surface area (Å²) in [5.41, 5.74) is 4.60. The minimum absolute atomic E-state index is 0.0329. The maximum Gasteiger partial charge on any atom is 0.259 e. The predicted molar refractivity (Wildman–Crippen MR) is 166 cm³/mol. The summed E-state index contributed by atoms with van der Waals surface area (Å²) in [6, 6.07) is 22.7. The first-order valence-electron chi connectivity index (χ1n) is 15.7. The van der Waals surface area contributed by atoms with E-state index in [0.717, 1.165) is 42.8 Å². The van der Waals surface area contributed by atoms with Crippen molar-refractivity contribution in [3.05, 3.63) is 99.7 Å². The number of hydrogen-bond acceptors (Lipinski definition) is 4. The lowest BCUT2D eigenvalue weighted by Gasteiger charge is -2.45. The van der Waals surface area contributed by atoms with Crippen molar-refractivity contribution < 1.29 is 4.79 Å². The van der Waals surface area contributed by atoms with Crippen LogP contribution < -0.4 is 5.43 Å². The topological polar surface area (TPSA) is 74.2 Å². The van der Waals surface area contributed by atoms with Gasteiger partial charge in [0.1, 0.15) is 11.4 Å². The van der Waals surface area contributed by atoms with Crippen LogP contribution in [0.4, 0.5) is 0 Å². The Balaban J connectivity index is 1.07. The first-order chi connectivity index (χ1) is 20.4. The third-order valence-electron chi connectivity index (χ3n) is 10.5. The molecule has 3 atom stereocenters. The summed E-state index contributed by atoms with van der Waals surface area (Å²) in [4.78, 5) is 38.4. The van der Waals surface area contributed by atoms with Crippen LogP contribution in [-0.4, -0.2) is 62.0 Å². The number of aromatic nitrogens is 3. The number of pyridine rings is 1. The second kappa shape index (κ2) is 10.8. The highest BCUT2D eigenvalue weighted by Gasteiger charge is 2.44. The van der Waals surface area contributed by atoms with Crippen molar-refractivity contribution in [1.29, 1.82) is 0 Å². The Morgan fingerprint density at radius 2 is 1.64 bits per heavy atom. The van der Waals surface area contributed by atoms with Crippen molar-refractivity contribution in [2.24, 2.45) is 0 Å². The molecule has 4 aromatic rings. The summed E-state index contributed by atoms with van der Waals surface area (Å²) >= 11 is 0. The van der Waals surface area contributed by atoms with Crippen LogP contribution in [0.5, 0.6) is 0 Å². The molecule has 1 N–H and O–H groups in total. The number of amides is 1. The van der Waals surface area contributed by atoms with Gasteiger partial charge in [-0.2, -0.15) is 0 Å². The van der Waals surface area contributed by atoms with E-state index in [4.69, 9.17) is 4.98 Å². The molecule has 3 aliphatic rings. The number of carbonyl (C=O) groups is 1. The van der Waals surface area contributed by atoms with Crippen LogP contribution in [0.25, 0.3) is 11.0 Å². The van der Waals surface area contributed by atoms with E-state index in [9.17, 15) is 9.59 Å². The summed E-state index contributed by atoms with van der Waals surface area (Å²) in [5, 5.41) is 0. The first kappa shape index (κ1) is 27.1. The molecule has 0 spiro atoms. The van der Waals surface area contributed by atoms with Gasteiger partial charge in [-0.25, -0.2) is 4.98 Å². The zero-order valence-corrected chi connectivity index (χ0v) is 24.8. The minimum atomic E-state index is -0.200. The van der Waals surface area contributed by atoms with E-state index in [2.05, 4.69) is 76.0 Å². The molecule has 2 bridgehead atoms. The molecule has 7 rings (SSSR count). The second-order valence-electron chi connectivity index (χ2n) is 12.8. The lowest BCUT2D eigenvalue weighted by molar-refractivity contribution is 0.0605. The molecule has 42 heavy (non-hydrogen) atoms. The van der Waals surface area contributed by atoms with Crippen LogP contribution in [0.3, 0.4) is 0 Å². The van der Waals surface area contributed by atoms with Gasteiger partial charge in [-0.3, -0.25) is 14.5 Å². The molecule has 0 aliphatic carbocycles. The Morgan fingerprint density at radius 1 is 0.952 bits per heavy atom. The molecule has 1 unspecified atom stereocenters. The van der Waals surface area contributed by atoms with E-state index in [0.29, 0.717) is 31.2 Å². The van der Waals surface area contributed by atoms with E-state index in [1.807, 2.05) is 11.8 Å². The van der Waals surface area contributed by atoms with E-state index < -0.39 is 0 Å². The summed E-state index contributed by atoms with van der Waals surface area (Å²) in [6.07, 6.45) is 9.42. The Labute approximate surface area is 247 Å². The summed E-state index contributed by atoms with van der Waals surface area (Å²) in [5.74, 6) is 0.978. The van der Waals surface area contributed by atoms with Gasteiger partial charge in [0.25, 0.3) is 5.91 Å². The second-order valence-corrected chi connectivity index (χ2v) is 12.8.